The average molecular weight is 237 g/mol. The third kappa shape index (κ3) is 3.32. The van der Waals surface area contributed by atoms with Crippen LogP contribution in [-0.4, -0.2) is 23.8 Å². The van der Waals surface area contributed by atoms with Crippen LogP contribution in [0.1, 0.15) is 59.8 Å². The summed E-state index contributed by atoms with van der Waals surface area (Å²) in [5, 5.41) is 3.69. The Bertz CT molecular complexity index is 304. The summed E-state index contributed by atoms with van der Waals surface area (Å²) in [6.45, 7) is 9.88. The van der Waals surface area contributed by atoms with E-state index < -0.39 is 0 Å². The second-order valence-corrected chi connectivity index (χ2v) is 6.68. The maximum absolute atomic E-state index is 6.09. The molecule has 1 atom stereocenters. The lowest BCUT2D eigenvalue weighted by molar-refractivity contribution is -0.0697. The summed E-state index contributed by atoms with van der Waals surface area (Å²) < 4.78 is 6.09. The van der Waals surface area contributed by atoms with Crippen LogP contribution < -0.4 is 5.32 Å². The first-order valence-corrected chi connectivity index (χ1v) is 7.00. The van der Waals surface area contributed by atoms with Gasteiger partial charge in [-0.2, -0.15) is 0 Å². The van der Waals surface area contributed by atoms with E-state index in [2.05, 4.69) is 39.1 Å². The van der Waals surface area contributed by atoms with E-state index in [4.69, 9.17) is 4.74 Å². The normalized spacial score (nSPS) is 30.6. The first kappa shape index (κ1) is 13.1. The number of rotatable bonds is 4. The first-order chi connectivity index (χ1) is 7.89. The molecule has 0 aromatic heterocycles. The van der Waals surface area contributed by atoms with Crippen molar-refractivity contribution >= 4 is 0 Å². The molecule has 0 spiro atoms. The topological polar surface area (TPSA) is 21.3 Å². The predicted octanol–water partition coefficient (Wildman–Crippen LogP) is 3.42. The van der Waals surface area contributed by atoms with Gasteiger partial charge in [0.05, 0.1) is 11.2 Å². The molecule has 98 valence electrons. The van der Waals surface area contributed by atoms with Crippen LogP contribution >= 0.6 is 0 Å². The maximum Gasteiger partial charge on any atom is 0.0787 e. The zero-order valence-electron chi connectivity index (χ0n) is 11.8. The Balaban J connectivity index is 1.79. The molecule has 2 rings (SSSR count). The number of ether oxygens (including phenoxy) is 1. The molecule has 1 saturated heterocycles. The summed E-state index contributed by atoms with van der Waals surface area (Å²) in [5.41, 5.74) is 1.63. The predicted molar refractivity (Wildman–Crippen MR) is 72.2 cm³/mol. The highest BCUT2D eigenvalue weighted by Gasteiger charge is 2.45. The molecule has 0 amide bonds. The second-order valence-electron chi connectivity index (χ2n) is 6.68. The molecule has 0 radical (unpaired) electrons. The molecule has 1 aliphatic carbocycles. The van der Waals surface area contributed by atoms with Gasteiger partial charge in [0, 0.05) is 6.04 Å². The van der Waals surface area contributed by atoms with E-state index in [9.17, 15) is 0 Å². The highest BCUT2D eigenvalue weighted by molar-refractivity contribution is 5.08. The van der Waals surface area contributed by atoms with E-state index >= 15 is 0 Å². The van der Waals surface area contributed by atoms with Crippen LogP contribution in [0.2, 0.25) is 0 Å². The van der Waals surface area contributed by atoms with Gasteiger partial charge in [0.25, 0.3) is 0 Å². The SMILES string of the molecule is CC1(C)CC(NCCC2=CCCC2)C(C)(C)O1. The van der Waals surface area contributed by atoms with Gasteiger partial charge in [0.1, 0.15) is 0 Å². The minimum Gasteiger partial charge on any atom is -0.368 e. The van der Waals surface area contributed by atoms with Crippen molar-refractivity contribution in [2.45, 2.75) is 77.0 Å². The highest BCUT2D eigenvalue weighted by Crippen LogP contribution is 2.37. The third-order valence-corrected chi connectivity index (χ3v) is 4.05. The van der Waals surface area contributed by atoms with Crippen LogP contribution in [0.5, 0.6) is 0 Å². The number of allylic oxidation sites excluding steroid dienone is 1. The van der Waals surface area contributed by atoms with E-state index in [1.165, 1.54) is 25.7 Å². The van der Waals surface area contributed by atoms with Crippen LogP contribution in [0, 0.1) is 0 Å². The van der Waals surface area contributed by atoms with E-state index in [0.29, 0.717) is 6.04 Å². The summed E-state index contributed by atoms with van der Waals surface area (Å²) in [5.74, 6) is 0. The lowest BCUT2D eigenvalue weighted by Gasteiger charge is -2.28. The zero-order chi connectivity index (χ0) is 12.5. The Morgan fingerprint density at radius 3 is 2.65 bits per heavy atom. The largest absolute Gasteiger partial charge is 0.368 e. The van der Waals surface area contributed by atoms with Gasteiger partial charge in [0.2, 0.25) is 0 Å². The van der Waals surface area contributed by atoms with Gasteiger partial charge in [-0.25, -0.2) is 0 Å². The fourth-order valence-electron chi connectivity index (χ4n) is 3.25. The first-order valence-electron chi connectivity index (χ1n) is 7.00. The molecule has 0 bridgehead atoms. The summed E-state index contributed by atoms with van der Waals surface area (Å²) in [4.78, 5) is 0. The number of nitrogens with one attached hydrogen (secondary N) is 1. The molecular formula is C15H27NO. The van der Waals surface area contributed by atoms with Crippen molar-refractivity contribution in [3.8, 4) is 0 Å². The van der Waals surface area contributed by atoms with Crippen molar-refractivity contribution in [2.24, 2.45) is 0 Å². The van der Waals surface area contributed by atoms with Crippen molar-refractivity contribution in [1.29, 1.82) is 0 Å². The molecule has 0 aromatic carbocycles. The molecule has 2 heteroatoms. The van der Waals surface area contributed by atoms with E-state index in [0.717, 1.165) is 13.0 Å². The Hall–Kier alpha value is -0.340. The fourth-order valence-corrected chi connectivity index (χ4v) is 3.25. The lowest BCUT2D eigenvalue weighted by atomic mass is 9.94. The third-order valence-electron chi connectivity index (χ3n) is 4.05. The molecule has 0 aromatic rings. The fraction of sp³-hybridized carbons (Fsp3) is 0.867. The molecule has 2 nitrogen and oxygen atoms in total. The van der Waals surface area contributed by atoms with Crippen molar-refractivity contribution in [1.82, 2.24) is 5.32 Å². The van der Waals surface area contributed by atoms with Crippen LogP contribution in [0.15, 0.2) is 11.6 Å². The van der Waals surface area contributed by atoms with E-state index in [-0.39, 0.29) is 11.2 Å². The average Bonchev–Trinajstić information content (AvgIpc) is 2.72. The minimum absolute atomic E-state index is 0.0216. The molecule has 1 N–H and O–H groups in total. The summed E-state index contributed by atoms with van der Waals surface area (Å²) >= 11 is 0. The zero-order valence-corrected chi connectivity index (χ0v) is 11.8. The summed E-state index contributed by atoms with van der Waals surface area (Å²) in [6, 6.07) is 0.486. The van der Waals surface area contributed by atoms with E-state index in [1.54, 1.807) is 5.57 Å². The molecule has 1 unspecified atom stereocenters. The molecule has 1 fully saturated rings. The van der Waals surface area contributed by atoms with Crippen LogP contribution in [0.4, 0.5) is 0 Å². The maximum atomic E-state index is 6.09. The van der Waals surface area contributed by atoms with Gasteiger partial charge in [-0.15, -0.1) is 0 Å². The van der Waals surface area contributed by atoms with Gasteiger partial charge in [0.15, 0.2) is 0 Å². The Morgan fingerprint density at radius 1 is 1.35 bits per heavy atom. The smallest absolute Gasteiger partial charge is 0.0787 e. The lowest BCUT2D eigenvalue weighted by Crippen LogP contribution is -2.43. The monoisotopic (exact) mass is 237 g/mol. The van der Waals surface area contributed by atoms with Crippen LogP contribution in [0.3, 0.4) is 0 Å². The molecule has 1 heterocycles. The molecular weight excluding hydrogens is 210 g/mol. The standard InChI is InChI=1S/C15H27NO/c1-14(2)11-13(15(3,4)17-14)16-10-9-12-7-5-6-8-12/h7,13,16H,5-6,8-11H2,1-4H3. The van der Waals surface area contributed by atoms with Gasteiger partial charge >= 0.3 is 0 Å². The van der Waals surface area contributed by atoms with Gasteiger partial charge in [-0.1, -0.05) is 11.6 Å². The quantitative estimate of drug-likeness (QED) is 0.756. The van der Waals surface area contributed by atoms with Crippen molar-refractivity contribution < 1.29 is 4.74 Å². The van der Waals surface area contributed by atoms with Gasteiger partial charge in [-0.3, -0.25) is 0 Å². The van der Waals surface area contributed by atoms with Crippen molar-refractivity contribution in [2.75, 3.05) is 6.54 Å². The Labute approximate surface area is 106 Å². The van der Waals surface area contributed by atoms with Crippen LogP contribution in [0.25, 0.3) is 0 Å². The molecule has 1 aliphatic heterocycles. The molecule has 0 saturated carbocycles. The Morgan fingerprint density at radius 2 is 2.12 bits per heavy atom. The summed E-state index contributed by atoms with van der Waals surface area (Å²) in [6.07, 6.45) is 8.71. The van der Waals surface area contributed by atoms with Crippen LogP contribution in [-0.2, 0) is 4.74 Å². The number of hydrogen-bond acceptors (Lipinski definition) is 2. The second kappa shape index (κ2) is 4.74. The summed E-state index contributed by atoms with van der Waals surface area (Å²) in [7, 11) is 0. The minimum atomic E-state index is -0.0342. The Kier molecular flexibility index (Phi) is 3.65. The van der Waals surface area contributed by atoms with Gasteiger partial charge < -0.3 is 10.1 Å². The van der Waals surface area contributed by atoms with Gasteiger partial charge in [-0.05, 0) is 66.3 Å². The van der Waals surface area contributed by atoms with Crippen molar-refractivity contribution in [3.05, 3.63) is 11.6 Å². The molecule has 2 aliphatic rings. The van der Waals surface area contributed by atoms with Crippen molar-refractivity contribution in [3.63, 3.8) is 0 Å². The highest BCUT2D eigenvalue weighted by atomic mass is 16.5. The molecule has 17 heavy (non-hydrogen) atoms. The number of hydrogen-bond donors (Lipinski definition) is 1. The van der Waals surface area contributed by atoms with E-state index in [1.807, 2.05) is 0 Å².